The predicted molar refractivity (Wildman–Crippen MR) is 69.3 cm³/mol. The molecular weight excluding hydrogens is 214 g/mol. The number of carbonyl (C=O) groups is 1. The Labute approximate surface area is 102 Å². The van der Waals surface area contributed by atoms with Crippen molar-refractivity contribution in [3.05, 3.63) is 42.0 Å². The van der Waals surface area contributed by atoms with Crippen LogP contribution < -0.4 is 10.5 Å². The van der Waals surface area contributed by atoms with Crippen LogP contribution in [-0.4, -0.2) is 6.09 Å². The fraction of sp³-hybridized carbons (Fsp3) is 0.357. The van der Waals surface area contributed by atoms with E-state index in [0.717, 1.165) is 5.56 Å². The van der Waals surface area contributed by atoms with E-state index in [0.29, 0.717) is 12.2 Å². The topological polar surface area (TPSA) is 52.3 Å². The summed E-state index contributed by atoms with van der Waals surface area (Å²) in [6.07, 6.45) is 1.63. The van der Waals surface area contributed by atoms with Gasteiger partial charge in [0, 0.05) is 0 Å². The van der Waals surface area contributed by atoms with Crippen LogP contribution in [0.25, 0.3) is 0 Å². The normalized spacial score (nSPS) is 11.0. The maximum absolute atomic E-state index is 10.8. The third-order valence-corrected chi connectivity index (χ3v) is 2.50. The molecule has 92 valence electrons. The van der Waals surface area contributed by atoms with Crippen LogP contribution in [0.2, 0.25) is 0 Å². The zero-order valence-electron chi connectivity index (χ0n) is 10.6. The molecule has 0 spiro atoms. The first-order valence-electron chi connectivity index (χ1n) is 5.56. The highest BCUT2D eigenvalue weighted by Gasteiger charge is 2.16. The molecule has 0 fully saturated rings. The van der Waals surface area contributed by atoms with Crippen LogP contribution in [0.4, 0.5) is 4.79 Å². The van der Waals surface area contributed by atoms with E-state index in [9.17, 15) is 4.79 Å². The molecular formula is C14H19NO2. The highest BCUT2D eigenvalue weighted by molar-refractivity contribution is 5.68. The van der Waals surface area contributed by atoms with Crippen LogP contribution in [0, 0.1) is 0 Å². The molecule has 0 aromatic heterocycles. The third-order valence-electron chi connectivity index (χ3n) is 2.50. The molecule has 0 aliphatic carbocycles. The van der Waals surface area contributed by atoms with Gasteiger partial charge in [0.25, 0.3) is 0 Å². The first-order chi connectivity index (χ1) is 7.84. The molecule has 0 bridgehead atoms. The number of hydrogen-bond acceptors (Lipinski definition) is 2. The number of ether oxygens (including phenoxy) is 1. The van der Waals surface area contributed by atoms with E-state index in [4.69, 9.17) is 10.5 Å². The van der Waals surface area contributed by atoms with Crippen molar-refractivity contribution in [3.8, 4) is 5.75 Å². The number of amides is 1. The fourth-order valence-corrected chi connectivity index (χ4v) is 1.57. The molecule has 3 nitrogen and oxygen atoms in total. The molecule has 1 amide bonds. The van der Waals surface area contributed by atoms with E-state index in [1.54, 1.807) is 12.1 Å². The highest BCUT2D eigenvalue weighted by Crippen LogP contribution is 2.28. The van der Waals surface area contributed by atoms with Gasteiger partial charge in [0.1, 0.15) is 5.75 Å². The van der Waals surface area contributed by atoms with Crippen LogP contribution in [0.3, 0.4) is 0 Å². The molecule has 1 aromatic carbocycles. The summed E-state index contributed by atoms with van der Waals surface area (Å²) < 4.78 is 4.96. The lowest BCUT2D eigenvalue weighted by Crippen LogP contribution is -2.18. The summed E-state index contributed by atoms with van der Waals surface area (Å²) in [5.41, 5.74) is 7.19. The summed E-state index contributed by atoms with van der Waals surface area (Å²) in [4.78, 5) is 10.8. The lowest BCUT2D eigenvalue weighted by molar-refractivity contribution is 0.210. The largest absolute Gasteiger partial charge is 0.410 e. The summed E-state index contributed by atoms with van der Waals surface area (Å²) >= 11 is 0. The molecule has 1 rings (SSSR count). The lowest BCUT2D eigenvalue weighted by Gasteiger charge is -2.20. The summed E-state index contributed by atoms with van der Waals surface area (Å²) in [5, 5.41) is 0. The fourth-order valence-electron chi connectivity index (χ4n) is 1.57. The van der Waals surface area contributed by atoms with Gasteiger partial charge in [0.05, 0.1) is 0 Å². The van der Waals surface area contributed by atoms with E-state index in [2.05, 4.69) is 27.4 Å². The van der Waals surface area contributed by atoms with Crippen molar-refractivity contribution in [1.82, 2.24) is 0 Å². The van der Waals surface area contributed by atoms with Crippen molar-refractivity contribution in [2.24, 2.45) is 5.73 Å². The monoisotopic (exact) mass is 233 g/mol. The average Bonchev–Trinajstić information content (AvgIpc) is 2.18. The number of primary amides is 1. The minimum atomic E-state index is -0.793. The molecule has 0 aliphatic rings. The van der Waals surface area contributed by atoms with Crippen molar-refractivity contribution >= 4 is 6.09 Å². The molecule has 0 saturated heterocycles. The number of nitrogens with two attached hydrogens (primary N) is 1. The highest BCUT2D eigenvalue weighted by atomic mass is 16.5. The SMILES string of the molecule is C=CCc1cc(C(C)(C)C)ccc1OC(N)=O. The molecule has 2 N–H and O–H groups in total. The van der Waals surface area contributed by atoms with Gasteiger partial charge >= 0.3 is 6.09 Å². The maximum atomic E-state index is 10.8. The lowest BCUT2D eigenvalue weighted by atomic mass is 9.85. The summed E-state index contributed by atoms with van der Waals surface area (Å²) in [7, 11) is 0. The van der Waals surface area contributed by atoms with Crippen LogP contribution in [0.5, 0.6) is 5.75 Å². The molecule has 0 unspecified atom stereocenters. The quantitative estimate of drug-likeness (QED) is 0.815. The van der Waals surface area contributed by atoms with Gasteiger partial charge in [-0.2, -0.15) is 0 Å². The van der Waals surface area contributed by atoms with Crippen molar-refractivity contribution in [1.29, 1.82) is 0 Å². The van der Waals surface area contributed by atoms with Gasteiger partial charge in [0.15, 0.2) is 0 Å². The van der Waals surface area contributed by atoms with E-state index in [1.807, 2.05) is 12.1 Å². The Hall–Kier alpha value is -1.77. The summed E-state index contributed by atoms with van der Waals surface area (Å²) in [6.45, 7) is 10.1. The van der Waals surface area contributed by atoms with Gasteiger partial charge in [-0.25, -0.2) is 4.79 Å². The second-order valence-electron chi connectivity index (χ2n) is 4.99. The van der Waals surface area contributed by atoms with Crippen LogP contribution in [0.1, 0.15) is 31.9 Å². The van der Waals surface area contributed by atoms with Gasteiger partial charge in [0.2, 0.25) is 0 Å². The smallest absolute Gasteiger partial charge is 0.409 e. The molecule has 17 heavy (non-hydrogen) atoms. The zero-order valence-corrected chi connectivity index (χ0v) is 10.6. The minimum absolute atomic E-state index is 0.0567. The Balaban J connectivity index is 3.16. The Kier molecular flexibility index (Phi) is 3.94. The number of rotatable bonds is 3. The summed E-state index contributed by atoms with van der Waals surface area (Å²) in [6, 6.07) is 5.76. The Morgan fingerprint density at radius 3 is 2.59 bits per heavy atom. The zero-order chi connectivity index (χ0) is 13.1. The van der Waals surface area contributed by atoms with E-state index in [1.165, 1.54) is 5.56 Å². The van der Waals surface area contributed by atoms with E-state index >= 15 is 0 Å². The van der Waals surface area contributed by atoms with Gasteiger partial charge in [-0.05, 0) is 29.0 Å². The average molecular weight is 233 g/mol. The first-order valence-corrected chi connectivity index (χ1v) is 5.56. The van der Waals surface area contributed by atoms with Gasteiger partial charge < -0.3 is 10.5 Å². The van der Waals surface area contributed by atoms with Crippen LogP contribution in [-0.2, 0) is 11.8 Å². The van der Waals surface area contributed by atoms with Crippen molar-refractivity contribution < 1.29 is 9.53 Å². The molecule has 0 atom stereocenters. The first kappa shape index (κ1) is 13.3. The number of carbonyl (C=O) groups excluding carboxylic acids is 1. The van der Waals surface area contributed by atoms with Gasteiger partial charge in [-0.15, -0.1) is 6.58 Å². The molecule has 3 heteroatoms. The van der Waals surface area contributed by atoms with Crippen molar-refractivity contribution in [2.75, 3.05) is 0 Å². The third kappa shape index (κ3) is 3.63. The molecule has 0 heterocycles. The number of allylic oxidation sites excluding steroid dienone is 1. The standard InChI is InChI=1S/C14H19NO2/c1-5-6-10-9-11(14(2,3)4)7-8-12(10)17-13(15)16/h5,7-9H,1,6H2,2-4H3,(H2,15,16). The van der Waals surface area contributed by atoms with Crippen LogP contribution in [0.15, 0.2) is 30.9 Å². The predicted octanol–water partition coefficient (Wildman–Crippen LogP) is 3.17. The van der Waals surface area contributed by atoms with Crippen molar-refractivity contribution in [2.45, 2.75) is 32.6 Å². The minimum Gasteiger partial charge on any atom is -0.410 e. The molecule has 1 aromatic rings. The van der Waals surface area contributed by atoms with E-state index < -0.39 is 6.09 Å². The molecule has 0 aliphatic heterocycles. The Morgan fingerprint density at radius 1 is 1.47 bits per heavy atom. The second kappa shape index (κ2) is 5.04. The Morgan fingerprint density at radius 2 is 2.12 bits per heavy atom. The molecule has 0 saturated carbocycles. The molecule has 0 radical (unpaired) electrons. The van der Waals surface area contributed by atoms with Gasteiger partial charge in [-0.1, -0.05) is 39.0 Å². The van der Waals surface area contributed by atoms with E-state index in [-0.39, 0.29) is 5.41 Å². The number of hydrogen-bond donors (Lipinski definition) is 1. The van der Waals surface area contributed by atoms with Crippen LogP contribution >= 0.6 is 0 Å². The number of benzene rings is 1. The second-order valence-corrected chi connectivity index (χ2v) is 4.99. The maximum Gasteiger partial charge on any atom is 0.409 e. The Bertz CT molecular complexity index is 430. The van der Waals surface area contributed by atoms with Gasteiger partial charge in [-0.3, -0.25) is 0 Å². The van der Waals surface area contributed by atoms with Crippen molar-refractivity contribution in [3.63, 3.8) is 0 Å². The summed E-state index contributed by atoms with van der Waals surface area (Å²) in [5.74, 6) is 0.505.